The maximum atomic E-state index is 11.9. The molecule has 0 fully saturated rings. The fourth-order valence-electron chi connectivity index (χ4n) is 3.39. The van der Waals surface area contributed by atoms with Crippen molar-refractivity contribution in [3.05, 3.63) is 125 Å². The average molecular weight is 439 g/mol. The Kier molecular flexibility index (Phi) is 6.45. The molecule has 32 heavy (non-hydrogen) atoms. The second-order valence-electron chi connectivity index (χ2n) is 7.34. The third kappa shape index (κ3) is 5.49. The average Bonchev–Trinajstić information content (AvgIpc) is 2.82. The highest BCUT2D eigenvalue weighted by molar-refractivity contribution is 7.85. The van der Waals surface area contributed by atoms with Gasteiger partial charge in [0.05, 0.1) is 0 Å². The lowest BCUT2D eigenvalue weighted by atomic mass is 10.0. The second kappa shape index (κ2) is 9.60. The topological polar surface area (TPSA) is 54.4 Å². The molecule has 0 aliphatic rings. The van der Waals surface area contributed by atoms with Gasteiger partial charge in [0.15, 0.2) is 0 Å². The predicted octanol–water partition coefficient (Wildman–Crippen LogP) is 6.94. The van der Waals surface area contributed by atoms with E-state index in [2.05, 4.69) is 12.2 Å². The minimum Gasteiger partial charge on any atom is -0.282 e. The normalized spacial score (nSPS) is 11.9. The molecule has 0 aliphatic carbocycles. The Labute approximate surface area is 188 Å². The quantitative estimate of drug-likeness (QED) is 0.262. The van der Waals surface area contributed by atoms with Crippen LogP contribution in [-0.2, 0) is 10.1 Å². The standard InChI is InChI=1S/C28H22O3S/c29-32(30,31)28-20-19-26(21-27(28)18-15-23-9-5-2-6-10-23)25-16-13-24(14-17-25)12-11-22-7-3-1-4-8-22/h1-21H,(H,29,30,31)/b12-11+,18-15+. The van der Waals surface area contributed by atoms with Crippen molar-refractivity contribution < 1.29 is 13.0 Å². The van der Waals surface area contributed by atoms with Crippen LogP contribution in [0.2, 0.25) is 0 Å². The minimum atomic E-state index is -4.34. The summed E-state index contributed by atoms with van der Waals surface area (Å²) in [6, 6.07) is 32.6. The summed E-state index contributed by atoms with van der Waals surface area (Å²) in [6.45, 7) is 0. The first-order chi connectivity index (χ1) is 15.5. The van der Waals surface area contributed by atoms with Crippen LogP contribution in [0.5, 0.6) is 0 Å². The van der Waals surface area contributed by atoms with Gasteiger partial charge >= 0.3 is 0 Å². The molecule has 0 spiro atoms. The van der Waals surface area contributed by atoms with Gasteiger partial charge in [-0.1, -0.05) is 115 Å². The van der Waals surface area contributed by atoms with Crippen LogP contribution in [0.4, 0.5) is 0 Å². The molecule has 0 aromatic heterocycles. The van der Waals surface area contributed by atoms with Crippen molar-refractivity contribution in [1.29, 1.82) is 0 Å². The summed E-state index contributed by atoms with van der Waals surface area (Å²) in [6.07, 6.45) is 7.64. The van der Waals surface area contributed by atoms with Crippen LogP contribution in [0.1, 0.15) is 22.3 Å². The summed E-state index contributed by atoms with van der Waals surface area (Å²) in [5.74, 6) is 0. The lowest BCUT2D eigenvalue weighted by molar-refractivity contribution is 0.483. The molecule has 158 valence electrons. The molecular weight excluding hydrogens is 416 g/mol. The van der Waals surface area contributed by atoms with Gasteiger partial charge in [0.25, 0.3) is 10.1 Å². The fraction of sp³-hybridized carbons (Fsp3) is 0. The van der Waals surface area contributed by atoms with Crippen molar-refractivity contribution in [2.75, 3.05) is 0 Å². The van der Waals surface area contributed by atoms with Crippen LogP contribution in [-0.4, -0.2) is 13.0 Å². The van der Waals surface area contributed by atoms with Crippen molar-refractivity contribution in [2.45, 2.75) is 4.90 Å². The Hall–Kier alpha value is -3.73. The van der Waals surface area contributed by atoms with E-state index in [1.54, 1.807) is 18.2 Å². The number of benzene rings is 4. The highest BCUT2D eigenvalue weighted by Crippen LogP contribution is 2.27. The van der Waals surface area contributed by atoms with E-state index in [1.807, 2.05) is 91.0 Å². The van der Waals surface area contributed by atoms with Gasteiger partial charge < -0.3 is 0 Å². The molecule has 3 nitrogen and oxygen atoms in total. The molecule has 1 N–H and O–H groups in total. The van der Waals surface area contributed by atoms with Crippen molar-refractivity contribution in [3.8, 4) is 11.1 Å². The summed E-state index contributed by atoms with van der Waals surface area (Å²) in [5.41, 5.74) is 5.39. The van der Waals surface area contributed by atoms with Crippen LogP contribution in [0.15, 0.2) is 108 Å². The lowest BCUT2D eigenvalue weighted by Crippen LogP contribution is -2.01. The third-order valence-corrected chi connectivity index (χ3v) is 5.98. The lowest BCUT2D eigenvalue weighted by Gasteiger charge is -2.08. The van der Waals surface area contributed by atoms with Gasteiger partial charge in [-0.3, -0.25) is 4.55 Å². The van der Waals surface area contributed by atoms with Gasteiger partial charge in [0, 0.05) is 0 Å². The molecule has 0 bridgehead atoms. The van der Waals surface area contributed by atoms with E-state index < -0.39 is 10.1 Å². The minimum absolute atomic E-state index is 0.115. The van der Waals surface area contributed by atoms with Gasteiger partial charge in [-0.2, -0.15) is 8.42 Å². The SMILES string of the molecule is O=S(=O)(O)c1ccc(-c2ccc(/C=C/c3ccccc3)cc2)cc1/C=C/c1ccccc1. The summed E-state index contributed by atoms with van der Waals surface area (Å²) < 4.78 is 33.4. The van der Waals surface area contributed by atoms with E-state index in [0.29, 0.717) is 5.56 Å². The van der Waals surface area contributed by atoms with Crippen LogP contribution in [0, 0.1) is 0 Å². The zero-order chi connectivity index (χ0) is 22.4. The van der Waals surface area contributed by atoms with Crippen LogP contribution in [0.25, 0.3) is 35.4 Å². The summed E-state index contributed by atoms with van der Waals surface area (Å²) >= 11 is 0. The molecule has 0 saturated carbocycles. The van der Waals surface area contributed by atoms with E-state index in [1.165, 1.54) is 6.07 Å². The van der Waals surface area contributed by atoms with E-state index in [4.69, 9.17) is 0 Å². The van der Waals surface area contributed by atoms with E-state index in [-0.39, 0.29) is 4.90 Å². The third-order valence-electron chi connectivity index (χ3n) is 5.05. The fourth-order valence-corrected chi connectivity index (χ4v) is 4.05. The van der Waals surface area contributed by atoms with Crippen LogP contribution >= 0.6 is 0 Å². The van der Waals surface area contributed by atoms with Gasteiger partial charge in [-0.25, -0.2) is 0 Å². The number of hydrogen-bond acceptors (Lipinski definition) is 2. The van der Waals surface area contributed by atoms with Gasteiger partial charge in [-0.05, 0) is 45.5 Å². The molecule has 0 atom stereocenters. The molecule has 4 aromatic carbocycles. The molecule has 0 aliphatic heterocycles. The van der Waals surface area contributed by atoms with Gasteiger partial charge in [-0.15, -0.1) is 0 Å². The molecule has 0 amide bonds. The smallest absolute Gasteiger partial charge is 0.282 e. The molecule has 0 radical (unpaired) electrons. The Morgan fingerprint density at radius 2 is 1.00 bits per heavy atom. The van der Waals surface area contributed by atoms with Gasteiger partial charge in [0.2, 0.25) is 0 Å². The predicted molar refractivity (Wildman–Crippen MR) is 132 cm³/mol. The number of rotatable bonds is 6. The van der Waals surface area contributed by atoms with Crippen LogP contribution in [0.3, 0.4) is 0 Å². The molecule has 0 heterocycles. The molecule has 0 saturated heterocycles. The van der Waals surface area contributed by atoms with E-state index >= 15 is 0 Å². The van der Waals surface area contributed by atoms with Crippen molar-refractivity contribution in [2.24, 2.45) is 0 Å². The molecular formula is C28H22O3S. The number of hydrogen-bond donors (Lipinski definition) is 1. The first kappa shape index (κ1) is 21.5. The van der Waals surface area contributed by atoms with Crippen molar-refractivity contribution in [1.82, 2.24) is 0 Å². The van der Waals surface area contributed by atoms with Crippen molar-refractivity contribution in [3.63, 3.8) is 0 Å². The Morgan fingerprint density at radius 1 is 0.531 bits per heavy atom. The first-order valence-corrected chi connectivity index (χ1v) is 11.6. The van der Waals surface area contributed by atoms with E-state index in [0.717, 1.165) is 27.8 Å². The molecule has 4 rings (SSSR count). The van der Waals surface area contributed by atoms with Crippen molar-refractivity contribution >= 4 is 34.4 Å². The molecule has 4 heteroatoms. The zero-order valence-electron chi connectivity index (χ0n) is 17.3. The summed E-state index contributed by atoms with van der Waals surface area (Å²) in [4.78, 5) is -0.115. The maximum Gasteiger partial charge on any atom is 0.295 e. The largest absolute Gasteiger partial charge is 0.295 e. The summed E-state index contributed by atoms with van der Waals surface area (Å²) in [7, 11) is -4.34. The Morgan fingerprint density at radius 3 is 1.53 bits per heavy atom. The maximum absolute atomic E-state index is 11.9. The highest BCUT2D eigenvalue weighted by atomic mass is 32.2. The highest BCUT2D eigenvalue weighted by Gasteiger charge is 2.15. The Balaban J connectivity index is 1.63. The van der Waals surface area contributed by atoms with E-state index in [9.17, 15) is 13.0 Å². The zero-order valence-corrected chi connectivity index (χ0v) is 18.1. The second-order valence-corrected chi connectivity index (χ2v) is 8.73. The van der Waals surface area contributed by atoms with Gasteiger partial charge in [0.1, 0.15) is 4.90 Å². The monoisotopic (exact) mass is 438 g/mol. The Bertz CT molecular complexity index is 1350. The molecule has 4 aromatic rings. The van der Waals surface area contributed by atoms with Crippen LogP contribution < -0.4 is 0 Å². The summed E-state index contributed by atoms with van der Waals surface area (Å²) in [5, 5.41) is 0. The first-order valence-electron chi connectivity index (χ1n) is 10.2. The molecule has 0 unspecified atom stereocenters.